The molecule has 1 aromatic rings. The molecular formula is C14H24NO3+. The number of rotatable bonds is 8. The smallest absolute Gasteiger partial charge is 0.137 e. The van der Waals surface area contributed by atoms with Crippen molar-refractivity contribution in [3.05, 3.63) is 29.8 Å². The molecule has 0 aliphatic rings. The van der Waals surface area contributed by atoms with Crippen molar-refractivity contribution in [2.75, 3.05) is 19.8 Å². The van der Waals surface area contributed by atoms with E-state index in [2.05, 4.69) is 0 Å². The summed E-state index contributed by atoms with van der Waals surface area (Å²) in [6.07, 6.45) is 0.368. The molecule has 0 aromatic heterocycles. The van der Waals surface area contributed by atoms with Crippen molar-refractivity contribution in [2.45, 2.75) is 32.4 Å². The molecule has 4 nitrogen and oxygen atoms in total. The van der Waals surface area contributed by atoms with Gasteiger partial charge in [-0.2, -0.15) is 0 Å². The maximum absolute atomic E-state index is 9.80. The average molecular weight is 254 g/mol. The number of para-hydroxylation sites is 1. The maximum Gasteiger partial charge on any atom is 0.137 e. The van der Waals surface area contributed by atoms with E-state index in [1.165, 1.54) is 0 Å². The fourth-order valence-corrected chi connectivity index (χ4v) is 1.69. The van der Waals surface area contributed by atoms with Crippen molar-refractivity contribution in [3.63, 3.8) is 0 Å². The number of ether oxygens (including phenoxy) is 1. The average Bonchev–Trinajstić information content (AvgIpc) is 2.39. The van der Waals surface area contributed by atoms with Crippen LogP contribution in [0.25, 0.3) is 0 Å². The van der Waals surface area contributed by atoms with E-state index < -0.39 is 6.10 Å². The summed E-state index contributed by atoms with van der Waals surface area (Å²) >= 11 is 0. The highest BCUT2D eigenvalue weighted by molar-refractivity contribution is 5.31. The van der Waals surface area contributed by atoms with Crippen LogP contribution in [0.15, 0.2) is 24.3 Å². The highest BCUT2D eigenvalue weighted by Gasteiger charge is 2.12. The van der Waals surface area contributed by atoms with Gasteiger partial charge in [-0.25, -0.2) is 0 Å². The monoisotopic (exact) mass is 254 g/mol. The van der Waals surface area contributed by atoms with Gasteiger partial charge in [-0.05, 0) is 25.0 Å². The summed E-state index contributed by atoms with van der Waals surface area (Å²) < 4.78 is 5.57. The number of aliphatic hydroxyl groups is 2. The number of quaternary nitrogens is 1. The van der Waals surface area contributed by atoms with Gasteiger partial charge in [-0.1, -0.05) is 25.1 Å². The number of nitrogens with two attached hydrogens (primary N) is 1. The second-order valence-corrected chi connectivity index (χ2v) is 4.55. The van der Waals surface area contributed by atoms with Crippen molar-refractivity contribution >= 4 is 0 Å². The predicted molar refractivity (Wildman–Crippen MR) is 70.6 cm³/mol. The Labute approximate surface area is 109 Å². The lowest BCUT2D eigenvalue weighted by Gasteiger charge is -2.15. The van der Waals surface area contributed by atoms with E-state index in [1.807, 2.05) is 43.4 Å². The zero-order valence-corrected chi connectivity index (χ0v) is 11.2. The molecular weight excluding hydrogens is 230 g/mol. The van der Waals surface area contributed by atoms with Crippen LogP contribution < -0.4 is 10.1 Å². The van der Waals surface area contributed by atoms with Gasteiger partial charge in [0.15, 0.2) is 0 Å². The first-order chi connectivity index (χ1) is 8.67. The van der Waals surface area contributed by atoms with Crippen LogP contribution in [0, 0.1) is 6.92 Å². The van der Waals surface area contributed by atoms with Crippen LogP contribution in [0.3, 0.4) is 0 Å². The molecule has 4 N–H and O–H groups in total. The van der Waals surface area contributed by atoms with Gasteiger partial charge in [0.25, 0.3) is 0 Å². The van der Waals surface area contributed by atoms with E-state index in [-0.39, 0.29) is 19.3 Å². The fraction of sp³-hybridized carbons (Fsp3) is 0.571. The molecule has 0 fully saturated rings. The molecule has 0 saturated carbocycles. The molecule has 0 unspecified atom stereocenters. The van der Waals surface area contributed by atoms with E-state index >= 15 is 0 Å². The van der Waals surface area contributed by atoms with Gasteiger partial charge in [-0.15, -0.1) is 0 Å². The molecule has 18 heavy (non-hydrogen) atoms. The van der Waals surface area contributed by atoms with Crippen molar-refractivity contribution in [1.29, 1.82) is 0 Å². The topological polar surface area (TPSA) is 66.3 Å². The number of aryl methyl sites for hydroxylation is 1. The lowest BCUT2D eigenvalue weighted by molar-refractivity contribution is -0.696. The molecule has 0 aliphatic carbocycles. The Morgan fingerprint density at radius 1 is 1.33 bits per heavy atom. The van der Waals surface area contributed by atoms with Gasteiger partial charge < -0.3 is 20.3 Å². The molecule has 0 bridgehead atoms. The minimum absolute atomic E-state index is 0.141. The highest BCUT2D eigenvalue weighted by Crippen LogP contribution is 2.15. The summed E-state index contributed by atoms with van der Waals surface area (Å²) in [5.41, 5.74) is 1.07. The summed E-state index contributed by atoms with van der Waals surface area (Å²) in [7, 11) is 0. The standard InChI is InChI=1S/C14H23NO3/c1-3-12(9-16)15-8-13(17)10-18-14-7-5-4-6-11(14)2/h4-7,12-13,15-17H,3,8-10H2,1-2H3/p+1/t12-,13+/m0/s1. The van der Waals surface area contributed by atoms with Crippen LogP contribution in [0.2, 0.25) is 0 Å². The van der Waals surface area contributed by atoms with Crippen LogP contribution in [0.4, 0.5) is 0 Å². The fourth-order valence-electron chi connectivity index (χ4n) is 1.69. The lowest BCUT2D eigenvalue weighted by Crippen LogP contribution is -2.92. The quantitative estimate of drug-likeness (QED) is 0.615. The van der Waals surface area contributed by atoms with Crippen molar-refractivity contribution in [3.8, 4) is 5.75 Å². The summed E-state index contributed by atoms with van der Waals surface area (Å²) in [5.74, 6) is 0.811. The first-order valence-electron chi connectivity index (χ1n) is 6.48. The second-order valence-electron chi connectivity index (χ2n) is 4.55. The molecule has 2 atom stereocenters. The maximum atomic E-state index is 9.80. The van der Waals surface area contributed by atoms with Gasteiger partial charge in [0.05, 0.1) is 6.61 Å². The lowest BCUT2D eigenvalue weighted by atomic mass is 10.2. The molecule has 0 heterocycles. The zero-order chi connectivity index (χ0) is 13.4. The van der Waals surface area contributed by atoms with Gasteiger partial charge >= 0.3 is 0 Å². The van der Waals surface area contributed by atoms with E-state index in [9.17, 15) is 5.11 Å². The molecule has 1 aromatic carbocycles. The summed E-state index contributed by atoms with van der Waals surface area (Å²) in [4.78, 5) is 0. The summed E-state index contributed by atoms with van der Waals surface area (Å²) in [6.45, 7) is 4.97. The minimum atomic E-state index is -0.523. The summed E-state index contributed by atoms with van der Waals surface area (Å²) in [6, 6.07) is 7.92. The minimum Gasteiger partial charge on any atom is -0.490 e. The Hall–Kier alpha value is -1.10. The van der Waals surface area contributed by atoms with Crippen molar-refractivity contribution < 1.29 is 20.3 Å². The molecule has 0 aliphatic heterocycles. The molecule has 1 rings (SSSR count). The number of hydrogen-bond acceptors (Lipinski definition) is 3. The number of aliphatic hydroxyl groups excluding tert-OH is 2. The molecule has 0 saturated heterocycles. The molecule has 0 radical (unpaired) electrons. The first kappa shape index (κ1) is 15.0. The third-order valence-corrected chi connectivity index (χ3v) is 3.03. The van der Waals surface area contributed by atoms with E-state index in [0.29, 0.717) is 6.54 Å². The van der Waals surface area contributed by atoms with E-state index in [1.54, 1.807) is 0 Å². The van der Waals surface area contributed by atoms with Crippen molar-refractivity contribution in [1.82, 2.24) is 0 Å². The molecule has 0 spiro atoms. The third-order valence-electron chi connectivity index (χ3n) is 3.03. The SMILES string of the molecule is CC[C@@H](CO)[NH2+]C[C@@H](O)COc1ccccc1C. The Morgan fingerprint density at radius 3 is 2.67 bits per heavy atom. The molecule has 4 heteroatoms. The molecule has 102 valence electrons. The second kappa shape index (κ2) is 8.08. The Morgan fingerprint density at radius 2 is 2.06 bits per heavy atom. The van der Waals surface area contributed by atoms with Crippen molar-refractivity contribution in [2.24, 2.45) is 0 Å². The Balaban J connectivity index is 2.29. The van der Waals surface area contributed by atoms with Gasteiger partial charge in [0.1, 0.15) is 31.0 Å². The van der Waals surface area contributed by atoms with Gasteiger partial charge in [-0.3, -0.25) is 0 Å². The molecule has 0 amide bonds. The largest absolute Gasteiger partial charge is 0.490 e. The first-order valence-corrected chi connectivity index (χ1v) is 6.48. The Kier molecular flexibility index (Phi) is 6.72. The van der Waals surface area contributed by atoms with Crippen LogP contribution in [-0.4, -0.2) is 42.1 Å². The summed E-state index contributed by atoms with van der Waals surface area (Å²) in [5, 5.41) is 20.8. The van der Waals surface area contributed by atoms with Crippen LogP contribution in [0.1, 0.15) is 18.9 Å². The van der Waals surface area contributed by atoms with Gasteiger partial charge in [0.2, 0.25) is 0 Å². The third kappa shape index (κ3) is 5.04. The van der Waals surface area contributed by atoms with Gasteiger partial charge in [0, 0.05) is 0 Å². The van der Waals surface area contributed by atoms with Crippen LogP contribution in [-0.2, 0) is 0 Å². The predicted octanol–water partition coefficient (Wildman–Crippen LogP) is 0.0690. The normalized spacial score (nSPS) is 14.2. The number of hydrogen-bond donors (Lipinski definition) is 3. The van der Waals surface area contributed by atoms with Crippen LogP contribution >= 0.6 is 0 Å². The zero-order valence-electron chi connectivity index (χ0n) is 11.2. The van der Waals surface area contributed by atoms with Crippen LogP contribution in [0.5, 0.6) is 5.75 Å². The number of benzene rings is 1. The van der Waals surface area contributed by atoms with E-state index in [4.69, 9.17) is 9.84 Å². The Bertz CT molecular complexity index is 340. The van der Waals surface area contributed by atoms with E-state index in [0.717, 1.165) is 17.7 Å². The highest BCUT2D eigenvalue weighted by atomic mass is 16.5.